The quantitative estimate of drug-likeness (QED) is 0.905. The highest BCUT2D eigenvalue weighted by molar-refractivity contribution is 5.95. The third kappa shape index (κ3) is 3.79. The number of aromatic nitrogens is 2. The number of nitrogens with zero attached hydrogens (tertiary/aromatic N) is 2. The number of hydrogen-bond donors (Lipinski definition) is 1. The second-order valence-corrected chi connectivity index (χ2v) is 6.51. The lowest BCUT2D eigenvalue weighted by Gasteiger charge is -2.23. The van der Waals surface area contributed by atoms with Gasteiger partial charge < -0.3 is 14.8 Å². The molecule has 25 heavy (non-hydrogen) atoms. The van der Waals surface area contributed by atoms with Gasteiger partial charge >= 0.3 is 0 Å². The monoisotopic (exact) mass is 341 g/mol. The van der Waals surface area contributed by atoms with Crippen LogP contribution in [-0.2, 0) is 4.74 Å². The summed E-state index contributed by atoms with van der Waals surface area (Å²) < 4.78 is 11.1. The molecule has 2 heterocycles. The van der Waals surface area contributed by atoms with Crippen molar-refractivity contribution in [3.05, 3.63) is 41.9 Å². The average molecular weight is 341 g/mol. The van der Waals surface area contributed by atoms with E-state index in [1.807, 2.05) is 32.0 Å². The summed E-state index contributed by atoms with van der Waals surface area (Å²) in [5.41, 5.74) is 2.78. The third-order valence-corrected chi connectivity index (χ3v) is 4.53. The molecule has 1 saturated heterocycles. The van der Waals surface area contributed by atoms with E-state index in [1.54, 1.807) is 13.2 Å². The van der Waals surface area contributed by atoms with E-state index in [4.69, 9.17) is 9.47 Å². The standard InChI is InChI=1S/C19H23N3O3/c1-13-16(18(24-3)22-12-21-13)14-6-4-7-15(10-14)17(23)20-11-19(2)8-5-9-25-19/h4,6-7,10,12H,5,8-9,11H2,1-3H3,(H,20,23). The van der Waals surface area contributed by atoms with Crippen molar-refractivity contribution in [2.75, 3.05) is 20.3 Å². The molecule has 2 aromatic rings. The largest absolute Gasteiger partial charge is 0.480 e. The van der Waals surface area contributed by atoms with Crippen LogP contribution in [0.15, 0.2) is 30.6 Å². The van der Waals surface area contributed by atoms with Crippen LogP contribution in [0.2, 0.25) is 0 Å². The molecule has 1 aliphatic heterocycles. The van der Waals surface area contributed by atoms with Crippen molar-refractivity contribution < 1.29 is 14.3 Å². The Morgan fingerprint density at radius 1 is 1.40 bits per heavy atom. The number of carbonyl (C=O) groups excluding carboxylic acids is 1. The van der Waals surface area contributed by atoms with Crippen molar-refractivity contribution in [1.29, 1.82) is 0 Å². The van der Waals surface area contributed by atoms with Gasteiger partial charge in [0.1, 0.15) is 6.33 Å². The fourth-order valence-corrected chi connectivity index (χ4v) is 3.10. The number of rotatable bonds is 5. The zero-order valence-electron chi connectivity index (χ0n) is 14.8. The summed E-state index contributed by atoms with van der Waals surface area (Å²) in [6.45, 7) is 5.19. The number of aryl methyl sites for hydroxylation is 1. The van der Waals surface area contributed by atoms with Gasteiger partial charge in [-0.05, 0) is 44.4 Å². The number of benzene rings is 1. The average Bonchev–Trinajstić information content (AvgIpc) is 3.06. The minimum absolute atomic E-state index is 0.118. The minimum Gasteiger partial charge on any atom is -0.480 e. The van der Waals surface area contributed by atoms with Gasteiger partial charge in [-0.15, -0.1) is 0 Å². The summed E-state index contributed by atoms with van der Waals surface area (Å²) >= 11 is 0. The topological polar surface area (TPSA) is 73.3 Å². The van der Waals surface area contributed by atoms with Gasteiger partial charge in [0.15, 0.2) is 0 Å². The fourth-order valence-electron chi connectivity index (χ4n) is 3.10. The summed E-state index contributed by atoms with van der Waals surface area (Å²) in [6, 6.07) is 7.40. The Hall–Kier alpha value is -2.47. The van der Waals surface area contributed by atoms with Crippen LogP contribution < -0.4 is 10.1 Å². The molecule has 3 rings (SSSR count). The lowest BCUT2D eigenvalue weighted by molar-refractivity contribution is 0.0206. The van der Waals surface area contributed by atoms with Gasteiger partial charge in [-0.3, -0.25) is 4.79 Å². The zero-order valence-corrected chi connectivity index (χ0v) is 14.8. The number of ether oxygens (including phenoxy) is 2. The first-order valence-electron chi connectivity index (χ1n) is 8.40. The van der Waals surface area contributed by atoms with Crippen LogP contribution in [0.3, 0.4) is 0 Å². The third-order valence-electron chi connectivity index (χ3n) is 4.53. The molecule has 1 fully saturated rings. The summed E-state index contributed by atoms with van der Waals surface area (Å²) in [5.74, 6) is 0.379. The first-order valence-corrected chi connectivity index (χ1v) is 8.40. The highest BCUT2D eigenvalue weighted by Crippen LogP contribution is 2.30. The Bertz CT molecular complexity index is 770. The predicted octanol–water partition coefficient (Wildman–Crippen LogP) is 2.76. The van der Waals surface area contributed by atoms with E-state index in [2.05, 4.69) is 15.3 Å². The zero-order chi connectivity index (χ0) is 17.9. The van der Waals surface area contributed by atoms with Crippen LogP contribution in [0.4, 0.5) is 0 Å². The fraction of sp³-hybridized carbons (Fsp3) is 0.421. The summed E-state index contributed by atoms with van der Waals surface area (Å²) in [4.78, 5) is 20.9. The highest BCUT2D eigenvalue weighted by atomic mass is 16.5. The number of nitrogens with one attached hydrogen (secondary N) is 1. The van der Waals surface area contributed by atoms with Crippen LogP contribution in [0.25, 0.3) is 11.1 Å². The maximum Gasteiger partial charge on any atom is 0.251 e. The Kier molecular flexibility index (Phi) is 4.99. The molecule has 1 amide bonds. The van der Waals surface area contributed by atoms with Crippen molar-refractivity contribution in [1.82, 2.24) is 15.3 Å². The SMILES string of the molecule is COc1ncnc(C)c1-c1cccc(C(=O)NCC2(C)CCCO2)c1. The highest BCUT2D eigenvalue weighted by Gasteiger charge is 2.30. The van der Waals surface area contributed by atoms with Gasteiger partial charge in [-0.1, -0.05) is 12.1 Å². The number of methoxy groups -OCH3 is 1. The molecular formula is C19H23N3O3. The number of amides is 1. The lowest BCUT2D eigenvalue weighted by Crippen LogP contribution is -2.40. The van der Waals surface area contributed by atoms with Gasteiger partial charge in [-0.25, -0.2) is 9.97 Å². The molecule has 132 valence electrons. The maximum atomic E-state index is 12.5. The smallest absolute Gasteiger partial charge is 0.251 e. The minimum atomic E-state index is -0.264. The van der Waals surface area contributed by atoms with Gasteiger partial charge in [0.25, 0.3) is 5.91 Å². The molecule has 0 bridgehead atoms. The van der Waals surface area contributed by atoms with Gasteiger partial charge in [0, 0.05) is 18.7 Å². The molecule has 1 aromatic heterocycles. The molecule has 6 heteroatoms. The van der Waals surface area contributed by atoms with Crippen LogP contribution in [0, 0.1) is 6.92 Å². The lowest BCUT2D eigenvalue weighted by atomic mass is 10.0. The molecule has 0 aliphatic carbocycles. The van der Waals surface area contributed by atoms with Crippen molar-refractivity contribution >= 4 is 5.91 Å². The molecule has 1 aliphatic rings. The van der Waals surface area contributed by atoms with Crippen molar-refractivity contribution in [2.24, 2.45) is 0 Å². The van der Waals surface area contributed by atoms with Crippen LogP contribution in [-0.4, -0.2) is 41.7 Å². The predicted molar refractivity (Wildman–Crippen MR) is 94.7 cm³/mol. The Balaban J connectivity index is 1.81. The van der Waals surface area contributed by atoms with Crippen molar-refractivity contribution in [3.63, 3.8) is 0 Å². The van der Waals surface area contributed by atoms with E-state index >= 15 is 0 Å². The first-order chi connectivity index (χ1) is 12.0. The molecule has 1 aromatic carbocycles. The first kappa shape index (κ1) is 17.4. The number of carbonyl (C=O) groups is 1. The van der Waals surface area contributed by atoms with E-state index in [-0.39, 0.29) is 11.5 Å². The molecule has 1 unspecified atom stereocenters. The van der Waals surface area contributed by atoms with E-state index < -0.39 is 0 Å². The van der Waals surface area contributed by atoms with Gasteiger partial charge in [-0.2, -0.15) is 0 Å². The Morgan fingerprint density at radius 2 is 2.24 bits per heavy atom. The normalized spacial score (nSPS) is 19.6. The second kappa shape index (κ2) is 7.19. The van der Waals surface area contributed by atoms with E-state index in [9.17, 15) is 4.79 Å². The molecule has 0 saturated carbocycles. The molecule has 0 radical (unpaired) electrons. The van der Waals surface area contributed by atoms with Crippen molar-refractivity contribution in [2.45, 2.75) is 32.3 Å². The maximum absolute atomic E-state index is 12.5. The summed E-state index contributed by atoms with van der Waals surface area (Å²) in [7, 11) is 1.57. The summed E-state index contributed by atoms with van der Waals surface area (Å²) in [6.07, 6.45) is 3.47. The van der Waals surface area contributed by atoms with Gasteiger partial charge in [0.05, 0.1) is 24.0 Å². The van der Waals surface area contributed by atoms with Gasteiger partial charge in [0.2, 0.25) is 5.88 Å². The molecule has 1 N–H and O–H groups in total. The number of hydrogen-bond acceptors (Lipinski definition) is 5. The Morgan fingerprint density at radius 3 is 2.96 bits per heavy atom. The van der Waals surface area contributed by atoms with Crippen LogP contribution in [0.1, 0.15) is 35.8 Å². The van der Waals surface area contributed by atoms with E-state index in [0.29, 0.717) is 18.0 Å². The molecule has 0 spiro atoms. The Labute approximate surface area is 147 Å². The van der Waals surface area contributed by atoms with Crippen molar-refractivity contribution in [3.8, 4) is 17.0 Å². The molecule has 6 nitrogen and oxygen atoms in total. The van der Waals surface area contributed by atoms with E-state index in [1.165, 1.54) is 6.33 Å². The second-order valence-electron chi connectivity index (χ2n) is 6.51. The molecule has 1 atom stereocenters. The molecular weight excluding hydrogens is 318 g/mol. The van der Waals surface area contributed by atoms with E-state index in [0.717, 1.165) is 36.3 Å². The van der Waals surface area contributed by atoms with Crippen LogP contribution in [0.5, 0.6) is 5.88 Å². The summed E-state index contributed by atoms with van der Waals surface area (Å²) in [5, 5.41) is 2.98. The van der Waals surface area contributed by atoms with Crippen LogP contribution >= 0.6 is 0 Å².